The van der Waals surface area contributed by atoms with E-state index in [2.05, 4.69) is 62.4 Å². The van der Waals surface area contributed by atoms with E-state index in [0.29, 0.717) is 11.4 Å². The zero-order valence-electron chi connectivity index (χ0n) is 29.9. The van der Waals surface area contributed by atoms with E-state index in [-0.39, 0.29) is 11.3 Å². The smallest absolute Gasteiger partial charge is 0.160 e. The van der Waals surface area contributed by atoms with Gasteiger partial charge < -0.3 is 4.74 Å². The number of fused-ring (bicyclic) bond motifs is 2. The molecule has 6 aromatic carbocycles. The summed E-state index contributed by atoms with van der Waals surface area (Å²) in [6.07, 6.45) is 2.11. The van der Waals surface area contributed by atoms with E-state index in [0.717, 1.165) is 73.1 Å². The molecule has 0 fully saturated rings. The fourth-order valence-corrected chi connectivity index (χ4v) is 6.94. The first-order valence-corrected chi connectivity index (χ1v) is 17.8. The number of nitrogens with zero attached hydrogens (tertiary/aromatic N) is 3. The van der Waals surface area contributed by atoms with E-state index in [1.165, 1.54) is 0 Å². The van der Waals surface area contributed by atoms with E-state index in [4.69, 9.17) is 25.1 Å². The monoisotopic (exact) mass is 686 g/mol. The molecular formula is C48H38N4O. The van der Waals surface area contributed by atoms with E-state index in [9.17, 15) is 0 Å². The van der Waals surface area contributed by atoms with Crippen molar-refractivity contribution in [1.82, 2.24) is 9.97 Å². The van der Waals surface area contributed by atoms with Gasteiger partial charge in [0, 0.05) is 44.4 Å². The van der Waals surface area contributed by atoms with Gasteiger partial charge in [-0.2, -0.15) is 0 Å². The number of rotatable bonds is 7. The van der Waals surface area contributed by atoms with Crippen LogP contribution in [0, 0.1) is 5.41 Å². The van der Waals surface area contributed by atoms with Gasteiger partial charge in [0.1, 0.15) is 11.5 Å². The van der Waals surface area contributed by atoms with Gasteiger partial charge in [-0.25, -0.2) is 15.0 Å². The summed E-state index contributed by atoms with van der Waals surface area (Å²) in [5.41, 5.74) is 10.8. The van der Waals surface area contributed by atoms with Crippen molar-refractivity contribution in [2.45, 2.75) is 26.2 Å². The molecule has 0 aliphatic carbocycles. The minimum atomic E-state index is -0.253. The summed E-state index contributed by atoms with van der Waals surface area (Å²) in [6, 6.07) is 54.7. The Morgan fingerprint density at radius 3 is 1.98 bits per heavy atom. The van der Waals surface area contributed by atoms with Crippen LogP contribution in [0.25, 0.3) is 40.0 Å². The van der Waals surface area contributed by atoms with E-state index in [1.54, 1.807) is 0 Å². The first kappa shape index (κ1) is 33.4. The molecule has 1 N–H and O–H groups in total. The van der Waals surface area contributed by atoms with Crippen molar-refractivity contribution in [3.8, 4) is 45.4 Å². The molecule has 7 aromatic rings. The van der Waals surface area contributed by atoms with Crippen LogP contribution in [-0.2, 0) is 5.41 Å². The summed E-state index contributed by atoms with van der Waals surface area (Å²) >= 11 is 0. The van der Waals surface area contributed by atoms with Crippen LogP contribution in [0.3, 0.4) is 0 Å². The molecule has 5 nitrogen and oxygen atoms in total. The lowest BCUT2D eigenvalue weighted by Gasteiger charge is -2.35. The van der Waals surface area contributed by atoms with Gasteiger partial charge in [-0.3, -0.25) is 5.41 Å². The number of aromatic nitrogens is 2. The van der Waals surface area contributed by atoms with Crippen molar-refractivity contribution >= 4 is 17.6 Å². The van der Waals surface area contributed by atoms with Crippen molar-refractivity contribution in [1.29, 1.82) is 5.41 Å². The second kappa shape index (κ2) is 14.1. The number of amidine groups is 1. The number of hydrogen-bond donors (Lipinski definition) is 1. The third kappa shape index (κ3) is 6.73. The van der Waals surface area contributed by atoms with Crippen LogP contribution in [0.2, 0.25) is 0 Å². The SMILES string of the molecule is C/C(=C\c1ccccc1)C(=NC(=N)c1ccc(-c2cc(-c3cccc4c3Oc3ccccc3C4(C)C)nc(-c3ccccc3)n2)cc1)c1ccccc1. The number of ether oxygens (including phenoxy) is 1. The average molecular weight is 687 g/mol. The number of aliphatic imine (C=N–C) groups is 1. The molecule has 0 spiro atoms. The van der Waals surface area contributed by atoms with E-state index >= 15 is 0 Å². The van der Waals surface area contributed by atoms with Gasteiger partial charge in [-0.05, 0) is 42.3 Å². The number of nitrogens with one attached hydrogen (secondary N) is 1. The summed E-state index contributed by atoms with van der Waals surface area (Å²) in [5, 5.41) is 9.07. The highest BCUT2D eigenvalue weighted by molar-refractivity contribution is 6.20. The highest BCUT2D eigenvalue weighted by Crippen LogP contribution is 2.51. The number of allylic oxidation sites excluding steroid dienone is 1. The molecule has 1 aliphatic heterocycles. The number of hydrogen-bond acceptors (Lipinski definition) is 4. The summed E-state index contributed by atoms with van der Waals surface area (Å²) in [7, 11) is 0. The summed E-state index contributed by atoms with van der Waals surface area (Å²) in [5.74, 6) is 2.48. The van der Waals surface area contributed by atoms with Crippen LogP contribution in [0.5, 0.6) is 11.5 Å². The minimum Gasteiger partial charge on any atom is -0.456 e. The van der Waals surface area contributed by atoms with Crippen molar-refractivity contribution in [2.24, 2.45) is 4.99 Å². The van der Waals surface area contributed by atoms with Gasteiger partial charge in [0.2, 0.25) is 0 Å². The predicted molar refractivity (Wildman–Crippen MR) is 217 cm³/mol. The molecular weight excluding hydrogens is 649 g/mol. The molecule has 0 amide bonds. The molecule has 1 aromatic heterocycles. The molecule has 0 radical (unpaired) electrons. The lowest BCUT2D eigenvalue weighted by molar-refractivity contribution is 0.419. The van der Waals surface area contributed by atoms with Gasteiger partial charge in [0.25, 0.3) is 0 Å². The van der Waals surface area contributed by atoms with Crippen LogP contribution in [-0.4, -0.2) is 21.5 Å². The Kier molecular flexibility index (Phi) is 8.91. The molecule has 0 atom stereocenters. The maximum atomic E-state index is 9.07. The number of benzene rings is 6. The van der Waals surface area contributed by atoms with Crippen LogP contribution < -0.4 is 4.74 Å². The number of para-hydroxylation sites is 2. The maximum Gasteiger partial charge on any atom is 0.160 e. The molecule has 0 unspecified atom stereocenters. The Hall–Kier alpha value is -6.72. The second-order valence-electron chi connectivity index (χ2n) is 13.7. The Morgan fingerprint density at radius 2 is 1.25 bits per heavy atom. The van der Waals surface area contributed by atoms with Crippen molar-refractivity contribution < 1.29 is 4.74 Å². The van der Waals surface area contributed by atoms with Crippen molar-refractivity contribution in [3.63, 3.8) is 0 Å². The third-order valence-electron chi connectivity index (χ3n) is 9.78. The predicted octanol–water partition coefficient (Wildman–Crippen LogP) is 11.8. The zero-order valence-corrected chi connectivity index (χ0v) is 29.9. The quantitative estimate of drug-likeness (QED) is 0.134. The normalized spacial score (nSPS) is 13.4. The van der Waals surface area contributed by atoms with Gasteiger partial charge in [0.15, 0.2) is 11.7 Å². The summed E-state index contributed by atoms with van der Waals surface area (Å²) < 4.78 is 6.64. The molecule has 0 saturated heterocycles. The Bertz CT molecular complexity index is 2500. The third-order valence-corrected chi connectivity index (χ3v) is 9.78. The van der Waals surface area contributed by atoms with Crippen LogP contribution in [0.4, 0.5) is 0 Å². The Balaban J connectivity index is 1.18. The van der Waals surface area contributed by atoms with E-state index < -0.39 is 0 Å². The topological polar surface area (TPSA) is 71.2 Å². The Labute approximate surface area is 310 Å². The molecule has 53 heavy (non-hydrogen) atoms. The van der Waals surface area contributed by atoms with E-state index in [1.807, 2.05) is 128 Å². The molecule has 0 saturated carbocycles. The fraction of sp³-hybridized carbons (Fsp3) is 0.0833. The second-order valence-corrected chi connectivity index (χ2v) is 13.7. The Morgan fingerprint density at radius 1 is 0.623 bits per heavy atom. The molecule has 8 rings (SSSR count). The molecule has 2 heterocycles. The minimum absolute atomic E-state index is 0.181. The molecule has 5 heteroatoms. The highest BCUT2D eigenvalue weighted by Gasteiger charge is 2.35. The first-order chi connectivity index (χ1) is 25.8. The van der Waals surface area contributed by atoms with Gasteiger partial charge in [0.05, 0.1) is 17.1 Å². The van der Waals surface area contributed by atoms with Crippen molar-refractivity contribution in [3.05, 3.63) is 197 Å². The molecule has 0 bridgehead atoms. The van der Waals surface area contributed by atoms with Gasteiger partial charge in [-0.15, -0.1) is 0 Å². The van der Waals surface area contributed by atoms with Gasteiger partial charge in [-0.1, -0.05) is 159 Å². The molecule has 256 valence electrons. The van der Waals surface area contributed by atoms with Crippen LogP contribution in [0.1, 0.15) is 48.6 Å². The standard InChI is InChI=1S/C48H38N4O/c1-32(30-33-16-7-4-8-17-33)44(35-18-9-5-10-19-35)52-46(49)36-28-26-34(27-29-36)41-31-42(51-47(50-41)37-20-11-6-12-21-37)38-22-15-24-40-45(38)53-43-25-14-13-23-39(43)48(40,2)3/h4-31,49H,1-3H3/b32-30+,49-46?,52-44?. The zero-order chi connectivity index (χ0) is 36.4. The maximum absolute atomic E-state index is 9.07. The van der Waals surface area contributed by atoms with Crippen molar-refractivity contribution in [2.75, 3.05) is 0 Å². The lowest BCUT2D eigenvalue weighted by Crippen LogP contribution is -2.24. The largest absolute Gasteiger partial charge is 0.456 e. The molecule has 1 aliphatic rings. The average Bonchev–Trinajstić information content (AvgIpc) is 3.20. The van der Waals surface area contributed by atoms with Gasteiger partial charge >= 0.3 is 0 Å². The lowest BCUT2D eigenvalue weighted by atomic mass is 9.75. The van der Waals surface area contributed by atoms with Crippen LogP contribution >= 0.6 is 0 Å². The summed E-state index contributed by atoms with van der Waals surface area (Å²) in [4.78, 5) is 15.1. The fourth-order valence-electron chi connectivity index (χ4n) is 6.94. The van der Waals surface area contributed by atoms with Crippen LogP contribution in [0.15, 0.2) is 174 Å². The highest BCUT2D eigenvalue weighted by atomic mass is 16.5. The summed E-state index contributed by atoms with van der Waals surface area (Å²) in [6.45, 7) is 6.52. The first-order valence-electron chi connectivity index (χ1n) is 17.8.